The summed E-state index contributed by atoms with van der Waals surface area (Å²) in [5, 5.41) is 18.5. The molecule has 6 heteroatoms. The molecule has 0 N–H and O–H groups in total. The van der Waals surface area contributed by atoms with Crippen molar-refractivity contribution in [3.63, 3.8) is 0 Å². The minimum absolute atomic E-state index is 0.346. The lowest BCUT2D eigenvalue weighted by Gasteiger charge is -2.53. The van der Waals surface area contributed by atoms with Gasteiger partial charge in [-0.15, -0.1) is 0 Å². The van der Waals surface area contributed by atoms with E-state index in [2.05, 4.69) is 12.1 Å². The van der Waals surface area contributed by atoms with Gasteiger partial charge in [0.25, 0.3) is 0 Å². The fourth-order valence-electron chi connectivity index (χ4n) is 5.10. The van der Waals surface area contributed by atoms with Crippen molar-refractivity contribution in [1.29, 1.82) is 10.5 Å². The van der Waals surface area contributed by atoms with Gasteiger partial charge in [0.15, 0.2) is 0 Å². The number of hydrogen-bond donors (Lipinski definition) is 0. The van der Waals surface area contributed by atoms with Crippen molar-refractivity contribution < 1.29 is 13.2 Å². The Morgan fingerprint density at radius 1 is 0.967 bits per heavy atom. The molecule has 0 spiro atoms. The zero-order valence-electron chi connectivity index (χ0n) is 16.6. The van der Waals surface area contributed by atoms with E-state index in [9.17, 15) is 18.4 Å². The third kappa shape index (κ3) is 3.17. The molecule has 2 atom stereocenters. The molecule has 0 saturated heterocycles. The predicted octanol–water partition coefficient (Wildman–Crippen LogP) is 5.80. The van der Waals surface area contributed by atoms with Gasteiger partial charge in [0.05, 0.1) is 40.9 Å². The van der Waals surface area contributed by atoms with Gasteiger partial charge in [0.2, 0.25) is 0 Å². The van der Waals surface area contributed by atoms with Gasteiger partial charge in [-0.2, -0.15) is 23.7 Å². The monoisotopic (exact) mass is 407 g/mol. The first kappa shape index (κ1) is 20.2. The van der Waals surface area contributed by atoms with Crippen LogP contribution in [0.3, 0.4) is 0 Å². The number of aliphatic imine (C=N–C) groups is 1. The molecule has 1 aliphatic heterocycles. The molecule has 4 rings (SSSR count). The smallest absolute Gasteiger partial charge is 0.276 e. The quantitative estimate of drug-likeness (QED) is 0.631. The van der Waals surface area contributed by atoms with Gasteiger partial charge in [-0.1, -0.05) is 38.0 Å². The molecule has 30 heavy (non-hydrogen) atoms. The second kappa shape index (κ2) is 6.99. The molecular formula is C24H20F3N3. The highest BCUT2D eigenvalue weighted by Gasteiger charge is 2.58. The summed E-state index contributed by atoms with van der Waals surface area (Å²) in [6.45, 7) is 1.87. The maximum absolute atomic E-state index is 13.8. The SMILES string of the molecule is C[C@@]12CCCC[C@]1(CC(F)(F)F)N=C(c1ccc(C#N)cc1)c1ccc(C#N)cc12. The zero-order valence-corrected chi connectivity index (χ0v) is 16.6. The van der Waals surface area contributed by atoms with Crippen LogP contribution in [0, 0.1) is 22.7 Å². The molecule has 0 amide bonds. The fourth-order valence-corrected chi connectivity index (χ4v) is 5.10. The van der Waals surface area contributed by atoms with Gasteiger partial charge in [-0.05, 0) is 42.7 Å². The highest BCUT2D eigenvalue weighted by atomic mass is 19.4. The molecule has 2 aromatic carbocycles. The van der Waals surface area contributed by atoms with Crippen molar-refractivity contribution in [3.8, 4) is 12.1 Å². The Morgan fingerprint density at radius 2 is 1.60 bits per heavy atom. The molecule has 0 bridgehead atoms. The maximum atomic E-state index is 13.8. The van der Waals surface area contributed by atoms with Gasteiger partial charge in [-0.25, -0.2) is 0 Å². The van der Waals surface area contributed by atoms with Gasteiger partial charge < -0.3 is 0 Å². The van der Waals surface area contributed by atoms with Crippen LogP contribution in [0.15, 0.2) is 47.5 Å². The molecule has 2 aliphatic rings. The summed E-state index contributed by atoms with van der Waals surface area (Å²) in [6, 6.07) is 16.1. The molecule has 1 fully saturated rings. The molecule has 1 heterocycles. The molecule has 1 aliphatic carbocycles. The lowest BCUT2D eigenvalue weighted by Crippen LogP contribution is -2.56. The van der Waals surface area contributed by atoms with Crippen molar-refractivity contribution in [3.05, 3.63) is 70.3 Å². The number of nitriles is 2. The number of rotatable bonds is 2. The van der Waals surface area contributed by atoms with Crippen molar-refractivity contribution in [2.45, 2.75) is 56.2 Å². The van der Waals surface area contributed by atoms with Crippen molar-refractivity contribution >= 4 is 5.71 Å². The first-order valence-corrected chi connectivity index (χ1v) is 9.93. The summed E-state index contributed by atoms with van der Waals surface area (Å²) in [4.78, 5) is 4.85. The van der Waals surface area contributed by atoms with Crippen LogP contribution in [-0.2, 0) is 5.41 Å². The zero-order chi connectivity index (χ0) is 21.6. The van der Waals surface area contributed by atoms with E-state index in [1.165, 1.54) is 0 Å². The highest BCUT2D eigenvalue weighted by molar-refractivity contribution is 6.15. The lowest BCUT2D eigenvalue weighted by atomic mass is 9.55. The number of alkyl halides is 3. The van der Waals surface area contributed by atoms with Crippen molar-refractivity contribution in [2.24, 2.45) is 4.99 Å². The second-order valence-corrected chi connectivity index (χ2v) is 8.38. The number of fused-ring (bicyclic) bond motifs is 3. The molecule has 2 aromatic rings. The third-order valence-electron chi connectivity index (χ3n) is 6.65. The van der Waals surface area contributed by atoms with Crippen LogP contribution in [0.5, 0.6) is 0 Å². The van der Waals surface area contributed by atoms with E-state index in [0.717, 1.165) is 17.5 Å². The molecule has 152 valence electrons. The van der Waals surface area contributed by atoms with Crippen LogP contribution >= 0.6 is 0 Å². The molecule has 0 unspecified atom stereocenters. The van der Waals surface area contributed by atoms with E-state index in [0.29, 0.717) is 41.7 Å². The third-order valence-corrected chi connectivity index (χ3v) is 6.65. The number of benzene rings is 2. The van der Waals surface area contributed by atoms with Crippen LogP contribution in [0.2, 0.25) is 0 Å². The van der Waals surface area contributed by atoms with Crippen LogP contribution in [-0.4, -0.2) is 17.4 Å². The predicted molar refractivity (Wildman–Crippen MR) is 107 cm³/mol. The van der Waals surface area contributed by atoms with Crippen LogP contribution < -0.4 is 0 Å². The van der Waals surface area contributed by atoms with E-state index in [4.69, 9.17) is 10.3 Å². The Hall–Kier alpha value is -3.12. The van der Waals surface area contributed by atoms with Gasteiger partial charge in [0, 0.05) is 16.5 Å². The first-order chi connectivity index (χ1) is 14.2. The number of halogens is 3. The van der Waals surface area contributed by atoms with E-state index in [-0.39, 0.29) is 0 Å². The summed E-state index contributed by atoms with van der Waals surface area (Å²) in [6.07, 6.45) is -2.90. The molecule has 0 radical (unpaired) electrons. The Balaban J connectivity index is 2.00. The van der Waals surface area contributed by atoms with Gasteiger partial charge in [-0.3, -0.25) is 4.99 Å². The molecule has 0 aromatic heterocycles. The summed E-state index contributed by atoms with van der Waals surface area (Å²) in [5.74, 6) is 0. The maximum Gasteiger partial charge on any atom is 0.391 e. The van der Waals surface area contributed by atoms with Crippen LogP contribution in [0.25, 0.3) is 0 Å². The molecule has 3 nitrogen and oxygen atoms in total. The minimum Gasteiger partial charge on any atom is -0.276 e. The molecular weight excluding hydrogens is 387 g/mol. The molecule has 1 saturated carbocycles. The summed E-state index contributed by atoms with van der Waals surface area (Å²) >= 11 is 0. The first-order valence-electron chi connectivity index (χ1n) is 9.93. The summed E-state index contributed by atoms with van der Waals surface area (Å²) in [7, 11) is 0. The van der Waals surface area contributed by atoms with Crippen LogP contribution in [0.4, 0.5) is 13.2 Å². The summed E-state index contributed by atoms with van der Waals surface area (Å²) < 4.78 is 41.3. The second-order valence-electron chi connectivity index (χ2n) is 8.38. The topological polar surface area (TPSA) is 59.9 Å². The van der Waals surface area contributed by atoms with E-state index >= 15 is 0 Å². The number of nitrogens with zero attached hydrogens (tertiary/aromatic N) is 3. The Bertz CT molecular complexity index is 1100. The largest absolute Gasteiger partial charge is 0.391 e. The average Bonchev–Trinajstić information content (AvgIpc) is 2.72. The summed E-state index contributed by atoms with van der Waals surface area (Å²) in [5.41, 5.74) is 1.50. The fraction of sp³-hybridized carbons (Fsp3) is 0.375. The van der Waals surface area contributed by atoms with E-state index < -0.39 is 23.6 Å². The van der Waals surface area contributed by atoms with E-state index in [1.54, 1.807) is 42.5 Å². The van der Waals surface area contributed by atoms with Gasteiger partial charge >= 0.3 is 6.18 Å². The van der Waals surface area contributed by atoms with E-state index in [1.807, 2.05) is 6.92 Å². The Kier molecular flexibility index (Phi) is 4.70. The normalized spacial score (nSPS) is 25.3. The Labute approximate surface area is 173 Å². The van der Waals surface area contributed by atoms with Gasteiger partial charge in [0.1, 0.15) is 0 Å². The van der Waals surface area contributed by atoms with Crippen LogP contribution in [0.1, 0.15) is 66.8 Å². The Morgan fingerprint density at radius 3 is 2.23 bits per heavy atom. The standard InChI is InChI=1S/C24H20F3N3/c1-22-10-2-3-11-23(22,15-24(25,26)27)30-21(18-7-4-16(13-28)5-8-18)19-9-6-17(14-29)12-20(19)22/h4-9,12H,2-3,10-11,15H2,1H3/t22-,23+/m0/s1. The highest BCUT2D eigenvalue weighted by Crippen LogP contribution is 2.56. The number of hydrogen-bond acceptors (Lipinski definition) is 3. The average molecular weight is 407 g/mol. The lowest BCUT2D eigenvalue weighted by molar-refractivity contribution is -0.156. The van der Waals surface area contributed by atoms with Crippen molar-refractivity contribution in [2.75, 3.05) is 0 Å². The van der Waals surface area contributed by atoms with Crippen molar-refractivity contribution in [1.82, 2.24) is 0 Å². The minimum atomic E-state index is -4.36.